The number of sulfonamides is 1. The summed E-state index contributed by atoms with van der Waals surface area (Å²) >= 11 is 0. The number of amides is 1. The van der Waals surface area contributed by atoms with Gasteiger partial charge in [-0.3, -0.25) is 4.79 Å². The first-order chi connectivity index (χ1) is 13.4. The fourth-order valence-electron chi connectivity index (χ4n) is 3.10. The van der Waals surface area contributed by atoms with Crippen LogP contribution < -0.4 is 10.5 Å². The van der Waals surface area contributed by atoms with Crippen molar-refractivity contribution in [1.29, 1.82) is 0 Å². The van der Waals surface area contributed by atoms with Gasteiger partial charge in [-0.05, 0) is 49.1 Å². The van der Waals surface area contributed by atoms with Crippen molar-refractivity contribution in [2.45, 2.75) is 29.6 Å². The Hall–Kier alpha value is -2.91. The lowest BCUT2D eigenvalue weighted by Gasteiger charge is -2.12. The van der Waals surface area contributed by atoms with Crippen LogP contribution in [0.1, 0.15) is 24.1 Å². The Morgan fingerprint density at radius 2 is 1.93 bits per heavy atom. The summed E-state index contributed by atoms with van der Waals surface area (Å²) < 4.78 is 33.2. The van der Waals surface area contributed by atoms with Crippen molar-refractivity contribution in [2.75, 3.05) is 6.54 Å². The number of primary sulfonamides is 1. The molecule has 0 radical (unpaired) electrons. The Balaban J connectivity index is 1.36. The van der Waals surface area contributed by atoms with Gasteiger partial charge in [0.15, 0.2) is 5.76 Å². The summed E-state index contributed by atoms with van der Waals surface area (Å²) in [5, 5.41) is 12.1. The van der Waals surface area contributed by atoms with Crippen LogP contribution in [0.4, 0.5) is 0 Å². The van der Waals surface area contributed by atoms with E-state index in [0.717, 1.165) is 5.56 Å². The number of carbonyl (C=O) groups is 1. The molecule has 0 aliphatic heterocycles. The number of rotatable bonds is 7. The molecule has 0 saturated heterocycles. The second-order valence-corrected chi connectivity index (χ2v) is 8.39. The standard InChI is InChI=1S/C19H19N3O5S/c20-28(24,25)14-5-3-13(4-6-14)7-10-21-18(23)19(8-9-19)17-12-16(27-22-17)15-2-1-11-26-15/h1-6,11-12H,7-10H2,(H,21,23)(H2,20,24,25). The van der Waals surface area contributed by atoms with Crippen LogP contribution in [0.25, 0.3) is 11.5 Å². The molecule has 1 aliphatic rings. The van der Waals surface area contributed by atoms with Gasteiger partial charge in [0.1, 0.15) is 0 Å². The molecule has 3 N–H and O–H groups in total. The third kappa shape index (κ3) is 3.58. The summed E-state index contributed by atoms with van der Waals surface area (Å²) in [5.41, 5.74) is 0.860. The van der Waals surface area contributed by atoms with Crippen LogP contribution in [0.15, 0.2) is 62.6 Å². The zero-order chi connectivity index (χ0) is 19.8. The fourth-order valence-corrected chi connectivity index (χ4v) is 3.61. The van der Waals surface area contributed by atoms with E-state index in [0.29, 0.717) is 43.0 Å². The van der Waals surface area contributed by atoms with E-state index < -0.39 is 15.4 Å². The summed E-state index contributed by atoms with van der Waals surface area (Å²) in [6.07, 6.45) is 3.55. The van der Waals surface area contributed by atoms with Gasteiger partial charge < -0.3 is 14.3 Å². The molecule has 2 aromatic heterocycles. The first-order valence-corrected chi connectivity index (χ1v) is 10.3. The number of nitrogens with zero attached hydrogens (tertiary/aromatic N) is 1. The number of hydrogen-bond acceptors (Lipinski definition) is 6. The molecule has 8 nitrogen and oxygen atoms in total. The van der Waals surface area contributed by atoms with Gasteiger partial charge in [0, 0.05) is 12.6 Å². The highest BCUT2D eigenvalue weighted by molar-refractivity contribution is 7.89. The summed E-state index contributed by atoms with van der Waals surface area (Å²) in [6.45, 7) is 0.429. The monoisotopic (exact) mass is 401 g/mol. The Labute approximate surface area is 161 Å². The molecule has 2 heterocycles. The van der Waals surface area contributed by atoms with Gasteiger partial charge in [-0.25, -0.2) is 13.6 Å². The Morgan fingerprint density at radius 3 is 2.54 bits per heavy atom. The van der Waals surface area contributed by atoms with Gasteiger partial charge in [0.2, 0.25) is 21.7 Å². The van der Waals surface area contributed by atoms with Crippen molar-refractivity contribution in [3.05, 3.63) is 60.0 Å². The highest BCUT2D eigenvalue weighted by Gasteiger charge is 2.53. The maximum absolute atomic E-state index is 12.7. The van der Waals surface area contributed by atoms with Crippen LogP contribution in [-0.4, -0.2) is 26.0 Å². The Morgan fingerprint density at radius 1 is 1.18 bits per heavy atom. The number of nitrogens with one attached hydrogen (secondary N) is 1. The minimum atomic E-state index is -3.70. The van der Waals surface area contributed by atoms with Crippen LogP contribution in [0.5, 0.6) is 0 Å². The lowest BCUT2D eigenvalue weighted by molar-refractivity contribution is -0.123. The number of furan rings is 1. The van der Waals surface area contributed by atoms with Crippen molar-refractivity contribution in [2.24, 2.45) is 5.14 Å². The maximum Gasteiger partial charge on any atom is 0.238 e. The molecule has 1 aliphatic carbocycles. The van der Waals surface area contributed by atoms with Gasteiger partial charge >= 0.3 is 0 Å². The predicted octanol–water partition coefficient (Wildman–Crippen LogP) is 1.97. The molecular weight excluding hydrogens is 382 g/mol. The third-order valence-electron chi connectivity index (χ3n) is 4.90. The van der Waals surface area contributed by atoms with Crippen molar-refractivity contribution >= 4 is 15.9 Å². The largest absolute Gasteiger partial charge is 0.461 e. The van der Waals surface area contributed by atoms with E-state index in [1.165, 1.54) is 12.1 Å². The van der Waals surface area contributed by atoms with E-state index in [9.17, 15) is 13.2 Å². The van der Waals surface area contributed by atoms with Crippen molar-refractivity contribution < 1.29 is 22.2 Å². The molecule has 1 aromatic carbocycles. The molecule has 3 aromatic rings. The van der Waals surface area contributed by atoms with E-state index in [1.54, 1.807) is 36.6 Å². The van der Waals surface area contributed by atoms with E-state index in [2.05, 4.69) is 10.5 Å². The van der Waals surface area contributed by atoms with Crippen LogP contribution in [-0.2, 0) is 26.7 Å². The zero-order valence-corrected chi connectivity index (χ0v) is 15.7. The van der Waals surface area contributed by atoms with Gasteiger partial charge in [0.05, 0.1) is 22.3 Å². The maximum atomic E-state index is 12.7. The highest BCUT2D eigenvalue weighted by atomic mass is 32.2. The molecule has 1 fully saturated rings. The molecular formula is C19H19N3O5S. The smallest absolute Gasteiger partial charge is 0.238 e. The molecule has 1 saturated carbocycles. The van der Waals surface area contributed by atoms with Gasteiger partial charge in [0.25, 0.3) is 0 Å². The van der Waals surface area contributed by atoms with E-state index >= 15 is 0 Å². The molecule has 9 heteroatoms. The lowest BCUT2D eigenvalue weighted by Crippen LogP contribution is -2.36. The number of hydrogen-bond donors (Lipinski definition) is 2. The number of aromatic nitrogens is 1. The second-order valence-electron chi connectivity index (χ2n) is 6.83. The highest BCUT2D eigenvalue weighted by Crippen LogP contribution is 2.48. The quantitative estimate of drug-likeness (QED) is 0.623. The molecule has 4 rings (SSSR count). The third-order valence-corrected chi connectivity index (χ3v) is 5.83. The Kier molecular flexibility index (Phi) is 4.56. The van der Waals surface area contributed by atoms with Crippen molar-refractivity contribution in [3.63, 3.8) is 0 Å². The molecule has 146 valence electrons. The van der Waals surface area contributed by atoms with Gasteiger partial charge in [-0.15, -0.1) is 0 Å². The van der Waals surface area contributed by atoms with E-state index in [4.69, 9.17) is 14.1 Å². The van der Waals surface area contributed by atoms with Crippen LogP contribution in [0.2, 0.25) is 0 Å². The number of benzene rings is 1. The minimum Gasteiger partial charge on any atom is -0.461 e. The predicted molar refractivity (Wildman–Crippen MR) is 99.6 cm³/mol. The first kappa shape index (κ1) is 18.5. The Bertz CT molecular complexity index is 1080. The SMILES string of the molecule is NS(=O)(=O)c1ccc(CCNC(=O)C2(c3cc(-c4ccco4)on3)CC2)cc1. The molecule has 0 unspecified atom stereocenters. The summed E-state index contributed by atoms with van der Waals surface area (Å²) in [5.74, 6) is 0.972. The van der Waals surface area contributed by atoms with E-state index in [1.807, 2.05) is 0 Å². The number of nitrogens with two attached hydrogens (primary N) is 1. The molecule has 0 bridgehead atoms. The molecule has 0 atom stereocenters. The average Bonchev–Trinajstić information content (AvgIpc) is 3.08. The van der Waals surface area contributed by atoms with Crippen molar-refractivity contribution in [3.8, 4) is 11.5 Å². The van der Waals surface area contributed by atoms with Crippen molar-refractivity contribution in [1.82, 2.24) is 10.5 Å². The van der Waals surface area contributed by atoms with Crippen LogP contribution >= 0.6 is 0 Å². The first-order valence-electron chi connectivity index (χ1n) is 8.80. The van der Waals surface area contributed by atoms with Crippen LogP contribution in [0, 0.1) is 0 Å². The lowest BCUT2D eigenvalue weighted by atomic mass is 10.0. The van der Waals surface area contributed by atoms with Gasteiger partial charge in [-0.1, -0.05) is 17.3 Å². The average molecular weight is 401 g/mol. The van der Waals surface area contributed by atoms with Gasteiger partial charge in [-0.2, -0.15) is 0 Å². The van der Waals surface area contributed by atoms with E-state index in [-0.39, 0.29) is 10.8 Å². The second kappa shape index (κ2) is 6.92. The summed E-state index contributed by atoms with van der Waals surface area (Å²) in [7, 11) is -3.70. The zero-order valence-electron chi connectivity index (χ0n) is 14.9. The normalized spacial score (nSPS) is 15.3. The summed E-state index contributed by atoms with van der Waals surface area (Å²) in [4.78, 5) is 12.8. The molecule has 28 heavy (non-hydrogen) atoms. The summed E-state index contributed by atoms with van der Waals surface area (Å²) in [6, 6.07) is 11.6. The fraction of sp³-hybridized carbons (Fsp3) is 0.263. The topological polar surface area (TPSA) is 128 Å². The molecule has 1 amide bonds. The minimum absolute atomic E-state index is 0.0654. The van der Waals surface area contributed by atoms with Crippen LogP contribution in [0.3, 0.4) is 0 Å². The number of carbonyl (C=O) groups excluding carboxylic acids is 1. The molecule has 0 spiro atoms.